The Labute approximate surface area is 332 Å². The Balaban J connectivity index is 1.15. The minimum absolute atomic E-state index is 0.855. The van der Waals surface area contributed by atoms with Crippen LogP contribution in [0.15, 0.2) is 203 Å². The van der Waals surface area contributed by atoms with E-state index in [1.54, 1.807) is 0 Å². The molecule has 2 heteroatoms. The summed E-state index contributed by atoms with van der Waals surface area (Å²) in [6, 6.07) is 70.2. The van der Waals surface area contributed by atoms with Gasteiger partial charge in [-0.05, 0) is 99.9 Å². The fourth-order valence-corrected chi connectivity index (χ4v) is 10.0. The summed E-state index contributed by atoms with van der Waals surface area (Å²) in [7, 11) is 0. The molecule has 0 bridgehead atoms. The third kappa shape index (κ3) is 4.32. The highest BCUT2D eigenvalue weighted by atomic mass is 16.3. The highest BCUT2D eigenvalue weighted by Crippen LogP contribution is 2.51. The number of para-hydroxylation sites is 1. The third-order valence-electron chi connectivity index (χ3n) is 12.4. The molecule has 0 amide bonds. The average Bonchev–Trinajstić information content (AvgIpc) is 3.85. The molecule has 0 fully saturated rings. The highest BCUT2D eigenvalue weighted by molar-refractivity contribution is 6.30. The van der Waals surface area contributed by atoms with E-state index in [4.69, 9.17) is 8.83 Å². The normalized spacial score (nSPS) is 12.1. The second kappa shape index (κ2) is 11.9. The van der Waals surface area contributed by atoms with Crippen LogP contribution in [0.4, 0.5) is 0 Å². The van der Waals surface area contributed by atoms with Crippen LogP contribution in [0.1, 0.15) is 0 Å². The molecule has 58 heavy (non-hydrogen) atoms. The van der Waals surface area contributed by atoms with Crippen molar-refractivity contribution in [2.75, 3.05) is 0 Å². The Kier molecular flexibility index (Phi) is 6.47. The molecule has 2 nitrogen and oxygen atoms in total. The van der Waals surface area contributed by atoms with Gasteiger partial charge in [0.15, 0.2) is 0 Å². The molecule has 0 spiro atoms. The van der Waals surface area contributed by atoms with Gasteiger partial charge in [-0.1, -0.05) is 176 Å². The minimum Gasteiger partial charge on any atom is -0.456 e. The van der Waals surface area contributed by atoms with Gasteiger partial charge < -0.3 is 8.83 Å². The summed E-state index contributed by atoms with van der Waals surface area (Å²) in [4.78, 5) is 0. The molecule has 13 aromatic rings. The van der Waals surface area contributed by atoms with Crippen molar-refractivity contribution in [2.24, 2.45) is 0 Å². The van der Waals surface area contributed by atoms with E-state index in [1.165, 1.54) is 70.7 Å². The lowest BCUT2D eigenvalue weighted by Gasteiger charge is -2.20. The van der Waals surface area contributed by atoms with Crippen molar-refractivity contribution < 1.29 is 8.83 Å². The van der Waals surface area contributed by atoms with Crippen molar-refractivity contribution in [1.82, 2.24) is 0 Å². The maximum Gasteiger partial charge on any atom is 0.144 e. The molecule has 0 aliphatic heterocycles. The Morgan fingerprint density at radius 1 is 0.241 bits per heavy atom. The van der Waals surface area contributed by atoms with E-state index in [-0.39, 0.29) is 0 Å². The van der Waals surface area contributed by atoms with Crippen molar-refractivity contribution in [2.45, 2.75) is 0 Å². The number of furan rings is 2. The molecule has 0 N–H and O–H groups in total. The lowest BCUT2D eigenvalue weighted by Crippen LogP contribution is -1.93. The molecule has 0 radical (unpaired) electrons. The van der Waals surface area contributed by atoms with E-state index in [9.17, 15) is 0 Å². The van der Waals surface area contributed by atoms with Gasteiger partial charge in [0.2, 0.25) is 0 Å². The van der Waals surface area contributed by atoms with Crippen molar-refractivity contribution in [3.8, 4) is 33.4 Å². The molecule has 2 aromatic heterocycles. The largest absolute Gasteiger partial charge is 0.456 e. The molecule has 13 rings (SSSR count). The Hall–Kier alpha value is -7.68. The van der Waals surface area contributed by atoms with Gasteiger partial charge in [-0.3, -0.25) is 0 Å². The van der Waals surface area contributed by atoms with E-state index in [0.717, 1.165) is 60.4 Å². The van der Waals surface area contributed by atoms with Crippen molar-refractivity contribution in [3.05, 3.63) is 194 Å². The molecule has 0 saturated carbocycles. The van der Waals surface area contributed by atoms with Crippen LogP contribution in [-0.4, -0.2) is 0 Å². The van der Waals surface area contributed by atoms with Crippen LogP contribution >= 0.6 is 0 Å². The maximum absolute atomic E-state index is 7.00. The maximum atomic E-state index is 7.00. The molecular weight excluding hydrogens is 705 g/mol. The van der Waals surface area contributed by atoms with E-state index >= 15 is 0 Å². The second-order valence-electron chi connectivity index (χ2n) is 15.4. The summed E-state index contributed by atoms with van der Waals surface area (Å²) in [5, 5.41) is 16.5. The highest BCUT2D eigenvalue weighted by Gasteiger charge is 2.25. The van der Waals surface area contributed by atoms with Crippen molar-refractivity contribution in [3.63, 3.8) is 0 Å². The predicted octanol–water partition coefficient (Wildman–Crippen LogP) is 16.3. The zero-order chi connectivity index (χ0) is 37.9. The first-order valence-corrected chi connectivity index (χ1v) is 19.9. The summed E-state index contributed by atoms with van der Waals surface area (Å²) in [6.45, 7) is 0. The van der Waals surface area contributed by atoms with Gasteiger partial charge in [0.05, 0.1) is 0 Å². The van der Waals surface area contributed by atoms with Gasteiger partial charge in [0.25, 0.3) is 0 Å². The van der Waals surface area contributed by atoms with Gasteiger partial charge in [0.1, 0.15) is 22.3 Å². The predicted molar refractivity (Wildman–Crippen MR) is 245 cm³/mol. The fraction of sp³-hybridized carbons (Fsp3) is 0. The van der Waals surface area contributed by atoms with Crippen LogP contribution in [-0.2, 0) is 0 Å². The van der Waals surface area contributed by atoms with Gasteiger partial charge in [0, 0.05) is 27.1 Å². The van der Waals surface area contributed by atoms with E-state index in [2.05, 4.69) is 188 Å². The number of hydrogen-bond donors (Lipinski definition) is 0. The van der Waals surface area contributed by atoms with Gasteiger partial charge in [-0.2, -0.15) is 0 Å². The van der Waals surface area contributed by atoms with Gasteiger partial charge in [-0.25, -0.2) is 0 Å². The Bertz CT molecular complexity index is 3800. The molecule has 11 aromatic carbocycles. The first-order chi connectivity index (χ1) is 28.8. The van der Waals surface area contributed by atoms with Crippen LogP contribution in [0.25, 0.3) is 131 Å². The summed E-state index contributed by atoms with van der Waals surface area (Å²) in [5.41, 5.74) is 10.6. The average molecular weight is 737 g/mol. The standard InChI is InChI=1S/C56H32O2/c1-3-17-35-33(14-1)16-13-26-39(35)51-40-21-7-9-23-42(40)52(43-24-10-8-22-41(43)51)44-29-30-45(38-20-6-5-19-37(38)44)55-54-46-25-11-12-27-48(46)57-50(54)32-47-53-36-18-4-2-15-34(36)28-31-49(53)58-56(47)55/h1-32H. The monoisotopic (exact) mass is 736 g/mol. The molecule has 0 saturated heterocycles. The number of hydrogen-bond acceptors (Lipinski definition) is 2. The first kappa shape index (κ1) is 31.5. The number of fused-ring (bicyclic) bond motifs is 12. The molecule has 0 aliphatic carbocycles. The second-order valence-corrected chi connectivity index (χ2v) is 15.4. The summed E-state index contributed by atoms with van der Waals surface area (Å²) >= 11 is 0. The number of benzene rings is 11. The Morgan fingerprint density at radius 3 is 1.38 bits per heavy atom. The van der Waals surface area contributed by atoms with Crippen LogP contribution in [0.3, 0.4) is 0 Å². The summed E-state index contributed by atoms with van der Waals surface area (Å²) < 4.78 is 13.7. The molecule has 268 valence electrons. The van der Waals surface area contributed by atoms with E-state index in [0.29, 0.717) is 0 Å². The zero-order valence-corrected chi connectivity index (χ0v) is 31.3. The molecule has 0 unspecified atom stereocenters. The zero-order valence-electron chi connectivity index (χ0n) is 31.3. The molecule has 0 aliphatic rings. The van der Waals surface area contributed by atoms with E-state index in [1.807, 2.05) is 6.07 Å². The summed E-state index contributed by atoms with van der Waals surface area (Å²) in [6.07, 6.45) is 0. The number of rotatable bonds is 3. The minimum atomic E-state index is 0.855. The van der Waals surface area contributed by atoms with Crippen LogP contribution in [0, 0.1) is 0 Å². The van der Waals surface area contributed by atoms with Crippen LogP contribution in [0.5, 0.6) is 0 Å². The molecule has 0 atom stereocenters. The quantitative estimate of drug-likeness (QED) is 0.169. The van der Waals surface area contributed by atoms with Gasteiger partial charge in [-0.15, -0.1) is 0 Å². The molecular formula is C56H32O2. The SMILES string of the molecule is c1ccc2c(-c3c4ccccc4c(-c4ccc(-c5c6oc7ccc8ccccc8c7c6cc6oc7ccccc7c56)c5ccccc45)c4ccccc34)cccc2c1. The molecule has 2 heterocycles. The van der Waals surface area contributed by atoms with Crippen LogP contribution < -0.4 is 0 Å². The van der Waals surface area contributed by atoms with Crippen molar-refractivity contribution >= 4 is 97.7 Å². The van der Waals surface area contributed by atoms with Crippen molar-refractivity contribution in [1.29, 1.82) is 0 Å². The van der Waals surface area contributed by atoms with Crippen LogP contribution in [0.2, 0.25) is 0 Å². The topological polar surface area (TPSA) is 26.3 Å². The fourth-order valence-electron chi connectivity index (χ4n) is 10.0. The smallest absolute Gasteiger partial charge is 0.144 e. The van der Waals surface area contributed by atoms with E-state index < -0.39 is 0 Å². The first-order valence-electron chi connectivity index (χ1n) is 19.9. The summed E-state index contributed by atoms with van der Waals surface area (Å²) in [5.74, 6) is 0. The third-order valence-corrected chi connectivity index (χ3v) is 12.4. The lowest BCUT2D eigenvalue weighted by molar-refractivity contribution is 0.665. The Morgan fingerprint density at radius 2 is 0.724 bits per heavy atom. The van der Waals surface area contributed by atoms with Gasteiger partial charge >= 0.3 is 0 Å². The lowest BCUT2D eigenvalue weighted by atomic mass is 9.82.